The number of sulfonamides is 2. The predicted octanol–water partition coefficient (Wildman–Crippen LogP) is 6.39. The highest BCUT2D eigenvalue weighted by molar-refractivity contribution is 7.89. The zero-order chi connectivity index (χ0) is 53.5. The van der Waals surface area contributed by atoms with E-state index in [1.165, 1.54) is 29.2 Å². The molecular weight excluding hydrogens is 1010 g/mol. The van der Waals surface area contributed by atoms with Crippen LogP contribution < -0.4 is 19.5 Å². The van der Waals surface area contributed by atoms with Crippen LogP contribution in [0, 0.1) is 0 Å². The molecule has 2 aliphatic rings. The fourth-order valence-electron chi connectivity index (χ4n) is 6.50. The Morgan fingerprint density at radius 3 is 1.32 bits per heavy atom. The van der Waals surface area contributed by atoms with E-state index in [2.05, 4.69) is 19.5 Å². The molecule has 2 aliphatic heterocycles. The van der Waals surface area contributed by atoms with Crippen molar-refractivity contribution in [3.05, 3.63) is 78.4 Å². The summed E-state index contributed by atoms with van der Waals surface area (Å²) in [6.45, 7) is 4.96. The maximum atomic E-state index is 13.5. The van der Waals surface area contributed by atoms with Gasteiger partial charge in [-0.15, -0.1) is 26.3 Å². The van der Waals surface area contributed by atoms with Gasteiger partial charge in [0.2, 0.25) is 26.0 Å². The van der Waals surface area contributed by atoms with E-state index in [4.69, 9.17) is 9.47 Å². The molecule has 19 nitrogen and oxygen atoms in total. The number of carbonyl (C=O) groups excluding carboxylic acids is 3. The average Bonchev–Trinajstić information content (AvgIpc) is 3.23. The highest BCUT2D eigenvalue weighted by atomic mass is 32.2. The highest BCUT2D eigenvalue weighted by Gasteiger charge is 2.44. The fraction of sp³-hybridized carbons (Fsp3) is 0.476. The number of nitrogens with zero attached hydrogens (tertiary/aromatic N) is 4. The molecule has 2 atom stereocenters. The van der Waals surface area contributed by atoms with Gasteiger partial charge in [0.05, 0.1) is 16.3 Å². The Morgan fingerprint density at radius 2 is 0.972 bits per heavy atom. The first-order valence-corrected chi connectivity index (χ1v) is 23.7. The van der Waals surface area contributed by atoms with Gasteiger partial charge >= 0.3 is 37.5 Å². The molecule has 0 saturated carbocycles. The Balaban J connectivity index is 0.000000324. The zero-order valence-electron chi connectivity index (χ0n) is 38.5. The van der Waals surface area contributed by atoms with Gasteiger partial charge in [-0.1, -0.05) is 12.1 Å². The van der Waals surface area contributed by atoms with Gasteiger partial charge in [0, 0.05) is 39.3 Å². The van der Waals surface area contributed by atoms with Gasteiger partial charge in [0.15, 0.2) is 0 Å². The van der Waals surface area contributed by atoms with E-state index in [-0.39, 0.29) is 45.0 Å². The molecule has 3 amide bonds. The molecule has 2 heterocycles. The van der Waals surface area contributed by atoms with Crippen LogP contribution in [0.15, 0.2) is 82.6 Å². The first-order valence-electron chi connectivity index (χ1n) is 20.8. The molecule has 0 aliphatic carbocycles. The summed E-state index contributed by atoms with van der Waals surface area (Å²) in [6.07, 6.45) is -11.5. The quantitative estimate of drug-likeness (QED) is 0.187. The highest BCUT2D eigenvalue weighted by Crippen LogP contribution is 2.30. The number of ether oxygens (including phenoxy) is 5. The summed E-state index contributed by atoms with van der Waals surface area (Å²) in [5.41, 5.74) is -1.20. The van der Waals surface area contributed by atoms with Gasteiger partial charge < -0.3 is 43.9 Å². The van der Waals surface area contributed by atoms with Crippen molar-refractivity contribution >= 4 is 44.1 Å². The molecule has 2 fully saturated rings. The summed E-state index contributed by atoms with van der Waals surface area (Å²) in [5.74, 6) is -3.62. The third-order valence-corrected chi connectivity index (χ3v) is 13.3. The summed E-state index contributed by atoms with van der Waals surface area (Å²) in [4.78, 5) is 51.3. The van der Waals surface area contributed by atoms with Crippen LogP contribution in [0.2, 0.25) is 0 Å². The van der Waals surface area contributed by atoms with Gasteiger partial charge in [-0.05, 0) is 108 Å². The Kier molecular flexibility index (Phi) is 18.2. The number of alkyl halides is 8. The number of benzene rings is 3. The summed E-state index contributed by atoms with van der Waals surface area (Å²) in [5, 5.41) is 12.1. The molecule has 0 bridgehead atoms. The van der Waals surface area contributed by atoms with Crippen LogP contribution >= 0.6 is 0 Å². The number of hydrogen-bond acceptors (Lipinski definition) is 13. The van der Waals surface area contributed by atoms with E-state index in [9.17, 15) is 76.2 Å². The predicted molar refractivity (Wildman–Crippen MR) is 230 cm³/mol. The first-order chi connectivity index (χ1) is 32.5. The number of rotatable bonds is 12. The van der Waals surface area contributed by atoms with Gasteiger partial charge in [0.25, 0.3) is 0 Å². The molecule has 0 unspecified atom stereocenters. The van der Waals surface area contributed by atoms with E-state index in [0.29, 0.717) is 9.87 Å². The van der Waals surface area contributed by atoms with E-state index in [1.54, 1.807) is 41.5 Å². The number of aliphatic carboxylic acids is 1. The van der Waals surface area contributed by atoms with Crippen molar-refractivity contribution in [3.63, 3.8) is 0 Å². The zero-order valence-corrected chi connectivity index (χ0v) is 40.1. The van der Waals surface area contributed by atoms with Crippen LogP contribution in [0.25, 0.3) is 0 Å². The molecule has 0 radical (unpaired) electrons. The number of piperazine rings is 2. The lowest BCUT2D eigenvalue weighted by Crippen LogP contribution is -2.61. The molecule has 394 valence electrons. The maximum Gasteiger partial charge on any atom is 0.573 e. The number of halogens is 8. The number of carboxylic acid groups (broad SMARTS) is 1. The molecule has 2 saturated heterocycles. The Morgan fingerprint density at radius 1 is 0.606 bits per heavy atom. The number of hydrogen-bond donors (Lipinski definition) is 2. The molecular formula is C42H49F8N5O14S2. The van der Waals surface area contributed by atoms with Crippen LogP contribution in [0.1, 0.15) is 47.1 Å². The van der Waals surface area contributed by atoms with Crippen LogP contribution in [0.4, 0.5) is 44.7 Å². The van der Waals surface area contributed by atoms with Crippen molar-refractivity contribution in [2.45, 2.75) is 101 Å². The normalized spacial score (nSPS) is 17.6. The molecule has 0 spiro atoms. The van der Waals surface area contributed by atoms with Gasteiger partial charge in [-0.25, -0.2) is 26.4 Å². The largest absolute Gasteiger partial charge is 0.573 e. The van der Waals surface area contributed by atoms with E-state index in [0.717, 1.165) is 57.7 Å². The Labute approximate surface area is 402 Å². The summed E-state index contributed by atoms with van der Waals surface area (Å²) < 4.78 is 176. The summed E-state index contributed by atoms with van der Waals surface area (Å²) >= 11 is 0. The Hall–Kier alpha value is -6.20. The SMILES string of the molecule is CC(C)(C)OC(=O)N1CCN(S(=O)(=O)c2ccc(OC(F)(F)F)cc2)[C@@H](C(=O)NCc2ccc(OC(F)F)cc2)C1.CC(C)(C)OC(=O)N1CCN(S(=O)(=O)c2ccc(OC(F)(F)F)cc2)[C@@H](C(=O)O)C1. The molecule has 5 rings (SSSR count). The monoisotopic (exact) mass is 1060 g/mol. The lowest BCUT2D eigenvalue weighted by atomic mass is 10.1. The number of carboxylic acids is 1. The standard InChI is InChI=1S/C25H28F5N3O7S.C17H21F3N2O7S/c1-24(2,3)40-23(35)32-12-13-33(41(36,37)19-10-8-18(9-11-19)39-25(28,29)30)20(15-32)21(34)31-14-16-4-6-17(7-5-16)38-22(26)27;1-16(2,3)29-15(25)21-8-9-22(13(10-21)14(23)24)30(26,27)12-6-4-11(5-7-12)28-17(18,19)20/h4-11,20,22H,12-15H2,1-3H3,(H,31,34);4-7,13H,8-10H2,1-3H3,(H,23,24)/t20-;13-/m11/s1. The van der Waals surface area contributed by atoms with E-state index in [1.807, 2.05) is 0 Å². The Bertz CT molecular complexity index is 2560. The second-order valence-electron chi connectivity index (χ2n) is 17.2. The minimum Gasteiger partial charge on any atom is -0.480 e. The minimum atomic E-state index is -4.97. The minimum absolute atomic E-state index is 0.0979. The molecule has 71 heavy (non-hydrogen) atoms. The second-order valence-corrected chi connectivity index (χ2v) is 21.0. The van der Waals surface area contributed by atoms with Crippen molar-refractivity contribution in [2.75, 3.05) is 39.3 Å². The van der Waals surface area contributed by atoms with E-state index >= 15 is 0 Å². The molecule has 2 N–H and O–H groups in total. The van der Waals surface area contributed by atoms with Crippen LogP contribution in [0.5, 0.6) is 17.2 Å². The van der Waals surface area contributed by atoms with Gasteiger partial charge in [-0.3, -0.25) is 9.59 Å². The van der Waals surface area contributed by atoms with Crippen LogP contribution in [0.3, 0.4) is 0 Å². The number of amides is 3. The number of nitrogens with one attached hydrogen (secondary N) is 1. The third-order valence-electron chi connectivity index (χ3n) is 9.50. The first kappa shape index (κ1) is 57.4. The topological polar surface area (TPSA) is 228 Å². The van der Waals surface area contributed by atoms with Crippen LogP contribution in [-0.2, 0) is 45.7 Å². The summed E-state index contributed by atoms with van der Waals surface area (Å²) in [7, 11) is -8.80. The molecule has 3 aromatic carbocycles. The lowest BCUT2D eigenvalue weighted by molar-refractivity contribution is -0.275. The second kappa shape index (κ2) is 22.5. The van der Waals surface area contributed by atoms with Crippen molar-refractivity contribution in [1.29, 1.82) is 0 Å². The summed E-state index contributed by atoms with van der Waals surface area (Å²) in [6, 6.07) is 9.21. The van der Waals surface area contributed by atoms with Crippen molar-refractivity contribution < 1.29 is 99.9 Å². The lowest BCUT2D eigenvalue weighted by Gasteiger charge is -2.39. The van der Waals surface area contributed by atoms with Gasteiger partial charge in [0.1, 0.15) is 40.5 Å². The van der Waals surface area contributed by atoms with Gasteiger partial charge in [-0.2, -0.15) is 17.4 Å². The van der Waals surface area contributed by atoms with E-state index < -0.39 is 115 Å². The fourth-order valence-corrected chi connectivity index (χ4v) is 9.64. The van der Waals surface area contributed by atoms with Crippen LogP contribution in [-0.4, -0.2) is 146 Å². The maximum absolute atomic E-state index is 13.5. The third kappa shape index (κ3) is 17.3. The molecule has 3 aromatic rings. The molecule has 29 heteroatoms. The van der Waals surface area contributed by atoms with Crippen molar-refractivity contribution in [1.82, 2.24) is 23.7 Å². The van der Waals surface area contributed by atoms with Crippen molar-refractivity contribution in [3.8, 4) is 17.2 Å². The average molecular weight is 1060 g/mol. The molecule has 0 aromatic heterocycles. The number of carbonyl (C=O) groups is 4. The smallest absolute Gasteiger partial charge is 0.480 e. The van der Waals surface area contributed by atoms with Crippen molar-refractivity contribution in [2.24, 2.45) is 0 Å².